The van der Waals surface area contributed by atoms with E-state index in [1.54, 1.807) is 0 Å². The Balaban J connectivity index is 0.915. The molecule has 0 amide bonds. The number of ether oxygens (including phenoxy) is 1. The second kappa shape index (κ2) is 20.3. The van der Waals surface area contributed by atoms with Gasteiger partial charge in [-0.3, -0.25) is 0 Å². The van der Waals surface area contributed by atoms with E-state index in [0.717, 1.165) is 55.8 Å². The highest BCUT2D eigenvalue weighted by molar-refractivity contribution is 8.03. The van der Waals surface area contributed by atoms with Crippen LogP contribution in [0.15, 0.2) is 192 Å². The Kier molecular flexibility index (Phi) is 14.1. The first kappa shape index (κ1) is 47.7. The second-order valence-corrected chi connectivity index (χ2v) is 21.5. The number of likely N-dealkylation sites (N-methyl/N-ethyl adjacent to an activating group) is 1. The maximum absolute atomic E-state index is 6.51. The van der Waals surface area contributed by atoms with E-state index in [-0.39, 0.29) is 10.8 Å². The third kappa shape index (κ3) is 9.80. The molecule has 0 saturated carbocycles. The largest absolute Gasteiger partial charge is 0.457 e. The molecule has 9 rings (SSSR count). The Morgan fingerprint density at radius 1 is 0.768 bits per heavy atom. The van der Waals surface area contributed by atoms with Crippen LogP contribution < -0.4 is 19.1 Å². The Labute approximate surface area is 419 Å². The summed E-state index contributed by atoms with van der Waals surface area (Å²) in [6.07, 6.45) is 17.4. The predicted molar refractivity (Wildman–Crippen MR) is 296 cm³/mol. The van der Waals surface area contributed by atoms with E-state index >= 15 is 0 Å². The van der Waals surface area contributed by atoms with Gasteiger partial charge >= 0.3 is 0 Å². The van der Waals surface area contributed by atoms with E-state index in [9.17, 15) is 0 Å². The fraction of sp³-hybridized carbons (Fsp3) is 0.254. The SMILES string of the molecule is C=C(/C=C/C=C1\Sc2ccccc2N1CCC)C(C)(Cc1ccc(Oc2ccc(CC3(C)C(=CC=Cc4sc5ccccc5[n+]4CCC)N(C)c4ccc(C)cc43)cc2)cc1)c1cc(C)ccc1C. The fourth-order valence-corrected chi connectivity index (χ4v) is 12.6. The third-order valence-corrected chi connectivity index (χ3v) is 16.4. The molecule has 3 heterocycles. The minimum Gasteiger partial charge on any atom is -0.457 e. The molecule has 6 aromatic carbocycles. The predicted octanol–water partition coefficient (Wildman–Crippen LogP) is 16.3. The average Bonchev–Trinajstić information content (AvgIpc) is 3.94. The molecule has 6 heteroatoms. The molecule has 0 fully saturated rings. The van der Waals surface area contributed by atoms with Crippen molar-refractivity contribution in [2.45, 2.75) is 96.4 Å². The van der Waals surface area contributed by atoms with Gasteiger partial charge in [-0.1, -0.05) is 159 Å². The van der Waals surface area contributed by atoms with Crippen molar-refractivity contribution in [3.05, 3.63) is 231 Å². The lowest BCUT2D eigenvalue weighted by Gasteiger charge is -2.33. The number of thioether (sulfide) groups is 1. The molecule has 2 aliphatic rings. The van der Waals surface area contributed by atoms with Gasteiger partial charge in [-0.2, -0.15) is 4.57 Å². The lowest BCUT2D eigenvalue weighted by atomic mass is 9.70. The number of fused-ring (bicyclic) bond motifs is 3. The molecule has 2 aliphatic heterocycles. The van der Waals surface area contributed by atoms with Gasteiger partial charge in [0.15, 0.2) is 0 Å². The highest BCUT2D eigenvalue weighted by Crippen LogP contribution is 2.50. The molecule has 69 heavy (non-hydrogen) atoms. The van der Waals surface area contributed by atoms with Gasteiger partial charge in [0.25, 0.3) is 5.01 Å². The lowest BCUT2D eigenvalue weighted by molar-refractivity contribution is -0.668. The molecule has 2 unspecified atom stereocenters. The number of aryl methyl sites for hydroxylation is 4. The Bertz CT molecular complexity index is 3140. The summed E-state index contributed by atoms with van der Waals surface area (Å²) in [6, 6.07) is 48.5. The summed E-state index contributed by atoms with van der Waals surface area (Å²) in [6.45, 7) is 22.6. The number of hydrogen-bond acceptors (Lipinski definition) is 5. The van der Waals surface area contributed by atoms with E-state index in [4.69, 9.17) is 11.3 Å². The molecular weight excluding hydrogens is 879 g/mol. The molecule has 4 nitrogen and oxygen atoms in total. The van der Waals surface area contributed by atoms with Crippen LogP contribution in [0.3, 0.4) is 0 Å². The zero-order valence-electron chi connectivity index (χ0n) is 41.7. The molecule has 0 spiro atoms. The first-order valence-corrected chi connectivity index (χ1v) is 26.2. The zero-order chi connectivity index (χ0) is 48.3. The maximum Gasteiger partial charge on any atom is 0.262 e. The number of allylic oxidation sites excluding steroid dienone is 7. The number of para-hydroxylation sites is 2. The van der Waals surface area contributed by atoms with Crippen molar-refractivity contribution in [2.24, 2.45) is 0 Å². The summed E-state index contributed by atoms with van der Waals surface area (Å²) in [5, 5.41) is 2.53. The van der Waals surface area contributed by atoms with E-state index in [1.807, 2.05) is 23.1 Å². The summed E-state index contributed by atoms with van der Waals surface area (Å²) < 4.78 is 10.3. The van der Waals surface area contributed by atoms with E-state index in [1.165, 1.54) is 81.2 Å². The summed E-state index contributed by atoms with van der Waals surface area (Å²) in [5.74, 6) is 1.65. The Morgan fingerprint density at radius 2 is 1.46 bits per heavy atom. The standard InChI is InChI=1S/C63H66N3OS2/c1-10-38-65-55-19-12-14-21-57(55)68-60(65)24-16-18-47(6)62(7,52-40-44(3)26-28-46(52)5)42-48-29-33-50(34-30-48)67-51-35-31-49(32-36-51)43-63(8)53-41-45(4)27-37-54(53)64(9)59(63)23-17-25-61-66(39-11-2)56-20-13-15-22-58(56)69-61/h12-37,40-41H,6,10-11,38-39,42-43H2,1-5,7-9H3/q+1/b18-16+,60-24-. The second-order valence-electron chi connectivity index (χ2n) is 19.4. The van der Waals surface area contributed by atoms with Gasteiger partial charge in [-0.15, -0.1) is 0 Å². The van der Waals surface area contributed by atoms with Crippen LogP contribution in [-0.4, -0.2) is 13.6 Å². The number of benzene rings is 6. The number of rotatable bonds is 16. The fourth-order valence-electron chi connectivity index (χ4n) is 10.4. The number of thiazole rings is 1. The molecule has 0 radical (unpaired) electrons. The van der Waals surface area contributed by atoms with Crippen LogP contribution in [0.25, 0.3) is 16.3 Å². The molecule has 0 saturated heterocycles. The van der Waals surface area contributed by atoms with E-state index in [2.05, 4.69) is 240 Å². The van der Waals surface area contributed by atoms with Gasteiger partial charge in [0.2, 0.25) is 5.52 Å². The van der Waals surface area contributed by atoms with Gasteiger partial charge in [0, 0.05) is 59.3 Å². The van der Waals surface area contributed by atoms with E-state index in [0.29, 0.717) is 0 Å². The number of nitrogens with zero attached hydrogens (tertiary/aromatic N) is 3. The molecule has 2 atom stereocenters. The molecular formula is C63H66N3OS2+. The monoisotopic (exact) mass is 944 g/mol. The quantitative estimate of drug-likeness (QED) is 0.0710. The summed E-state index contributed by atoms with van der Waals surface area (Å²) in [5.41, 5.74) is 14.7. The van der Waals surface area contributed by atoms with Crippen molar-refractivity contribution in [3.8, 4) is 11.5 Å². The summed E-state index contributed by atoms with van der Waals surface area (Å²) in [7, 11) is 2.21. The van der Waals surface area contributed by atoms with Gasteiger partial charge in [-0.25, -0.2) is 0 Å². The van der Waals surface area contributed by atoms with Gasteiger partial charge in [0.1, 0.15) is 22.7 Å². The molecule has 0 bridgehead atoms. The third-order valence-electron chi connectivity index (χ3n) is 14.1. The van der Waals surface area contributed by atoms with Crippen molar-refractivity contribution in [3.63, 3.8) is 0 Å². The molecule has 1 aromatic heterocycles. The molecule has 0 aliphatic carbocycles. The van der Waals surface area contributed by atoms with Crippen molar-refractivity contribution in [1.82, 2.24) is 0 Å². The number of anilines is 2. The van der Waals surface area contributed by atoms with Crippen LogP contribution in [0, 0.1) is 20.8 Å². The van der Waals surface area contributed by atoms with Crippen LogP contribution in [0.1, 0.15) is 84.5 Å². The smallest absolute Gasteiger partial charge is 0.262 e. The first-order valence-electron chi connectivity index (χ1n) is 24.6. The number of hydrogen-bond donors (Lipinski definition) is 0. The topological polar surface area (TPSA) is 19.6 Å². The normalized spacial score (nSPS) is 17.7. The Morgan fingerprint density at radius 3 is 2.22 bits per heavy atom. The Hall–Kier alpha value is -6.34. The van der Waals surface area contributed by atoms with Crippen LogP contribution in [-0.2, 0) is 30.2 Å². The highest BCUT2D eigenvalue weighted by Gasteiger charge is 2.42. The maximum atomic E-state index is 6.51. The molecule has 0 N–H and O–H groups in total. The van der Waals surface area contributed by atoms with Crippen molar-refractivity contribution in [2.75, 3.05) is 23.4 Å². The van der Waals surface area contributed by atoms with Gasteiger partial charge in [-0.05, 0) is 141 Å². The average molecular weight is 945 g/mol. The number of aromatic nitrogens is 1. The highest BCUT2D eigenvalue weighted by atomic mass is 32.2. The van der Waals surface area contributed by atoms with Crippen molar-refractivity contribution in [1.29, 1.82) is 0 Å². The van der Waals surface area contributed by atoms with Crippen LogP contribution in [0.2, 0.25) is 0 Å². The summed E-state index contributed by atoms with van der Waals surface area (Å²) >= 11 is 3.71. The lowest BCUT2D eigenvalue weighted by Crippen LogP contribution is -2.34. The minimum atomic E-state index is -0.329. The van der Waals surface area contributed by atoms with Crippen LogP contribution in [0.5, 0.6) is 11.5 Å². The van der Waals surface area contributed by atoms with Crippen LogP contribution in [0.4, 0.5) is 11.4 Å². The first-order chi connectivity index (χ1) is 33.4. The van der Waals surface area contributed by atoms with E-state index < -0.39 is 0 Å². The van der Waals surface area contributed by atoms with Crippen LogP contribution >= 0.6 is 23.1 Å². The minimum absolute atomic E-state index is 0.223. The van der Waals surface area contributed by atoms with Gasteiger partial charge in [0.05, 0.1) is 10.7 Å². The molecule has 7 aromatic rings. The van der Waals surface area contributed by atoms with Crippen molar-refractivity contribution < 1.29 is 9.30 Å². The zero-order valence-corrected chi connectivity index (χ0v) is 43.3. The van der Waals surface area contributed by atoms with Gasteiger partial charge < -0.3 is 14.5 Å². The summed E-state index contributed by atoms with van der Waals surface area (Å²) in [4.78, 5) is 6.14. The molecule has 350 valence electrons. The van der Waals surface area contributed by atoms with Crippen molar-refractivity contribution >= 4 is 50.8 Å².